The molecular weight excluding hydrogens is 438 g/mol. The molecule has 0 saturated heterocycles. The van der Waals surface area contributed by atoms with Crippen molar-refractivity contribution >= 4 is 11.6 Å². The molecule has 1 amide bonds. The number of nitrogens with one attached hydrogen (secondary N) is 1. The third-order valence-electron chi connectivity index (χ3n) is 5.88. The monoisotopic (exact) mass is 489 g/mol. The third kappa shape index (κ3) is 14.7. The number of carbonyl (C=O) groups excluding carboxylic acids is 1. The van der Waals surface area contributed by atoms with Crippen molar-refractivity contribution < 1.29 is 19.0 Å². The first kappa shape index (κ1) is 30.9. The maximum absolute atomic E-state index is 12.6. The zero-order valence-electron chi connectivity index (χ0n) is 23.0. The number of hydrogen-bond donors (Lipinski definition) is 1. The molecule has 1 aromatic rings. The Labute approximate surface area is 215 Å². The lowest BCUT2D eigenvalue weighted by Gasteiger charge is -2.18. The Balaban J connectivity index is 2.27. The summed E-state index contributed by atoms with van der Waals surface area (Å²) < 4.78 is 17.1. The summed E-state index contributed by atoms with van der Waals surface area (Å²) in [6.07, 6.45) is 21.4. The first-order valence-electron chi connectivity index (χ1n) is 14.2. The fourth-order valence-corrected chi connectivity index (χ4v) is 4.04. The molecule has 0 saturated carbocycles. The number of anilines is 1. The summed E-state index contributed by atoms with van der Waals surface area (Å²) in [6, 6.07) is 3.63. The van der Waals surface area contributed by atoms with E-state index in [9.17, 15) is 4.79 Å². The molecule has 0 radical (unpaired) electrons. The van der Waals surface area contributed by atoms with Crippen LogP contribution >= 0.6 is 0 Å². The van der Waals surface area contributed by atoms with Gasteiger partial charge in [0.1, 0.15) is 22.9 Å². The molecule has 35 heavy (non-hydrogen) atoms. The van der Waals surface area contributed by atoms with Crippen LogP contribution in [0.5, 0.6) is 17.2 Å². The van der Waals surface area contributed by atoms with Gasteiger partial charge in [0, 0.05) is 18.6 Å². The normalized spacial score (nSPS) is 11.1. The minimum Gasteiger partial charge on any atom is -0.494 e. The van der Waals surface area contributed by atoms with E-state index in [0.717, 1.165) is 12.8 Å². The van der Waals surface area contributed by atoms with Crippen molar-refractivity contribution in [2.45, 2.75) is 118 Å². The first-order chi connectivity index (χ1) is 17.2. The van der Waals surface area contributed by atoms with Crippen LogP contribution in [0.3, 0.4) is 0 Å². The molecule has 1 N–H and O–H groups in total. The average Bonchev–Trinajstić information content (AvgIpc) is 2.84. The van der Waals surface area contributed by atoms with Gasteiger partial charge in [0.25, 0.3) is 0 Å². The number of carbonyl (C=O) groups is 1. The Morgan fingerprint density at radius 2 is 1.17 bits per heavy atom. The van der Waals surface area contributed by atoms with Gasteiger partial charge in [-0.2, -0.15) is 0 Å². The summed E-state index contributed by atoms with van der Waals surface area (Å²) in [4.78, 5) is 12.6. The molecule has 5 heteroatoms. The van der Waals surface area contributed by atoms with Gasteiger partial charge in [-0.25, -0.2) is 0 Å². The minimum atomic E-state index is -0.00584. The second-order valence-electron chi connectivity index (χ2n) is 8.98. The molecule has 0 aliphatic carbocycles. The van der Waals surface area contributed by atoms with Crippen molar-refractivity contribution in [1.29, 1.82) is 0 Å². The highest BCUT2D eigenvalue weighted by Gasteiger charge is 2.17. The van der Waals surface area contributed by atoms with Crippen LogP contribution in [-0.4, -0.2) is 25.7 Å². The highest BCUT2D eigenvalue weighted by molar-refractivity contribution is 5.94. The molecule has 0 spiro atoms. The maximum atomic E-state index is 12.6. The zero-order valence-corrected chi connectivity index (χ0v) is 23.0. The van der Waals surface area contributed by atoms with E-state index in [1.165, 1.54) is 70.6 Å². The van der Waals surface area contributed by atoms with Crippen LogP contribution in [0.15, 0.2) is 24.3 Å². The molecule has 0 fully saturated rings. The largest absolute Gasteiger partial charge is 0.494 e. The fraction of sp³-hybridized carbons (Fsp3) is 0.700. The van der Waals surface area contributed by atoms with Crippen molar-refractivity contribution in [2.75, 3.05) is 25.1 Å². The summed E-state index contributed by atoms with van der Waals surface area (Å²) in [5.74, 6) is 1.84. The maximum Gasteiger partial charge on any atom is 0.224 e. The summed E-state index contributed by atoms with van der Waals surface area (Å²) in [6.45, 7) is 9.59. The lowest BCUT2D eigenvalue weighted by Crippen LogP contribution is -2.14. The molecule has 0 aromatic heterocycles. The van der Waals surface area contributed by atoms with Gasteiger partial charge in [0.05, 0.1) is 19.8 Å². The Hall–Kier alpha value is -2.17. The Morgan fingerprint density at radius 1 is 0.686 bits per heavy atom. The smallest absolute Gasteiger partial charge is 0.224 e. The SMILES string of the molecule is CCCCCCCC/C=C/CCCCCCCC(=O)Nc1c(OCC)cc(OCC)cc1OCC. The molecule has 1 rings (SSSR count). The van der Waals surface area contributed by atoms with Crippen LogP contribution in [0, 0.1) is 0 Å². The Morgan fingerprint density at radius 3 is 1.69 bits per heavy atom. The number of hydrogen-bond acceptors (Lipinski definition) is 4. The molecule has 5 nitrogen and oxygen atoms in total. The quantitative estimate of drug-likeness (QED) is 0.130. The molecule has 0 aliphatic heterocycles. The highest BCUT2D eigenvalue weighted by Crippen LogP contribution is 2.39. The van der Waals surface area contributed by atoms with Gasteiger partial charge in [-0.05, 0) is 52.9 Å². The Bertz CT molecular complexity index is 675. The number of ether oxygens (including phenoxy) is 3. The van der Waals surface area contributed by atoms with Gasteiger partial charge in [0.15, 0.2) is 0 Å². The molecule has 0 atom stereocenters. The topological polar surface area (TPSA) is 56.8 Å². The number of unbranched alkanes of at least 4 members (excludes halogenated alkanes) is 11. The molecular formula is C30H51NO4. The van der Waals surface area contributed by atoms with Gasteiger partial charge in [-0.1, -0.05) is 70.4 Å². The third-order valence-corrected chi connectivity index (χ3v) is 5.88. The van der Waals surface area contributed by atoms with Crippen LogP contribution in [0.2, 0.25) is 0 Å². The second kappa shape index (κ2) is 21.1. The van der Waals surface area contributed by atoms with Crippen molar-refractivity contribution in [3.05, 3.63) is 24.3 Å². The van der Waals surface area contributed by atoms with Gasteiger partial charge in [-0.15, -0.1) is 0 Å². The molecule has 0 bridgehead atoms. The summed E-state index contributed by atoms with van der Waals surface area (Å²) in [5.41, 5.74) is 0.592. The molecule has 1 aromatic carbocycles. The van der Waals surface area contributed by atoms with Crippen LogP contribution < -0.4 is 19.5 Å². The molecule has 200 valence electrons. The predicted molar refractivity (Wildman–Crippen MR) is 148 cm³/mol. The van der Waals surface area contributed by atoms with Gasteiger partial charge in [-0.3, -0.25) is 4.79 Å². The minimum absolute atomic E-state index is 0.00584. The number of rotatable bonds is 22. The lowest BCUT2D eigenvalue weighted by molar-refractivity contribution is -0.116. The number of benzene rings is 1. The van der Waals surface area contributed by atoms with Crippen molar-refractivity contribution in [3.8, 4) is 17.2 Å². The van der Waals surface area contributed by atoms with E-state index in [1.807, 2.05) is 32.9 Å². The van der Waals surface area contributed by atoms with E-state index in [2.05, 4.69) is 24.4 Å². The molecule has 0 unspecified atom stereocenters. The summed E-state index contributed by atoms with van der Waals surface area (Å²) in [7, 11) is 0. The van der Waals surface area contributed by atoms with Crippen molar-refractivity contribution in [1.82, 2.24) is 0 Å². The average molecular weight is 490 g/mol. The van der Waals surface area contributed by atoms with E-state index >= 15 is 0 Å². The molecule has 0 aliphatic rings. The van der Waals surface area contributed by atoms with E-state index in [-0.39, 0.29) is 5.91 Å². The fourth-order valence-electron chi connectivity index (χ4n) is 4.04. The van der Waals surface area contributed by atoms with E-state index in [1.54, 1.807) is 0 Å². The van der Waals surface area contributed by atoms with Crippen LogP contribution in [0.1, 0.15) is 118 Å². The van der Waals surface area contributed by atoms with E-state index in [4.69, 9.17) is 14.2 Å². The summed E-state index contributed by atoms with van der Waals surface area (Å²) >= 11 is 0. The summed E-state index contributed by atoms with van der Waals surface area (Å²) in [5, 5.41) is 3.01. The van der Waals surface area contributed by atoms with Crippen LogP contribution in [0.4, 0.5) is 5.69 Å². The predicted octanol–water partition coefficient (Wildman–Crippen LogP) is 8.86. The van der Waals surface area contributed by atoms with Crippen molar-refractivity contribution in [2.24, 2.45) is 0 Å². The number of amides is 1. The molecule has 0 heterocycles. The van der Waals surface area contributed by atoms with Crippen LogP contribution in [-0.2, 0) is 4.79 Å². The standard InChI is InChI=1S/C30H51NO4/c1-5-9-10-11-12-13-14-15-16-17-18-19-20-21-22-23-29(32)31-30-27(34-7-3)24-26(33-6-2)25-28(30)35-8-4/h15-16,24-25H,5-14,17-23H2,1-4H3,(H,31,32)/b16-15+. The second-order valence-corrected chi connectivity index (χ2v) is 8.98. The van der Waals surface area contributed by atoms with E-state index in [0.29, 0.717) is 49.2 Å². The Kier molecular flexibility index (Phi) is 18.6. The van der Waals surface area contributed by atoms with Crippen LogP contribution in [0.25, 0.3) is 0 Å². The van der Waals surface area contributed by atoms with Gasteiger partial charge >= 0.3 is 0 Å². The van der Waals surface area contributed by atoms with E-state index < -0.39 is 0 Å². The van der Waals surface area contributed by atoms with Gasteiger partial charge < -0.3 is 19.5 Å². The first-order valence-corrected chi connectivity index (χ1v) is 14.2. The lowest BCUT2D eigenvalue weighted by atomic mass is 10.1. The zero-order chi connectivity index (χ0) is 25.6. The van der Waals surface area contributed by atoms with Crippen molar-refractivity contribution in [3.63, 3.8) is 0 Å². The van der Waals surface area contributed by atoms with Gasteiger partial charge in [0.2, 0.25) is 5.91 Å². The number of allylic oxidation sites excluding steroid dienone is 2. The highest BCUT2D eigenvalue weighted by atomic mass is 16.5.